The van der Waals surface area contributed by atoms with E-state index < -0.39 is 0 Å². The molecule has 3 aromatic rings. The van der Waals surface area contributed by atoms with Crippen molar-refractivity contribution in [3.05, 3.63) is 52.8 Å². The molecule has 1 atom stereocenters. The highest BCUT2D eigenvalue weighted by Gasteiger charge is 2.17. The van der Waals surface area contributed by atoms with Crippen molar-refractivity contribution in [2.24, 2.45) is 0 Å². The van der Waals surface area contributed by atoms with Crippen LogP contribution in [0, 0.1) is 6.92 Å². The fourth-order valence-electron chi connectivity index (χ4n) is 2.83. The van der Waals surface area contributed by atoms with Crippen molar-refractivity contribution in [2.45, 2.75) is 13.0 Å². The number of aromatic amines is 1. The van der Waals surface area contributed by atoms with E-state index in [2.05, 4.69) is 25.8 Å². The van der Waals surface area contributed by atoms with Crippen LogP contribution in [0.1, 0.15) is 27.8 Å². The molecule has 9 heteroatoms. The number of nitrogens with zero attached hydrogens (tertiary/aromatic N) is 2. The Bertz CT molecular complexity index is 903. The van der Waals surface area contributed by atoms with Crippen molar-refractivity contribution in [1.82, 2.24) is 20.5 Å². The van der Waals surface area contributed by atoms with Crippen molar-refractivity contribution < 1.29 is 9.53 Å². The summed E-state index contributed by atoms with van der Waals surface area (Å²) in [5.41, 5.74) is 4.01. The van der Waals surface area contributed by atoms with Crippen LogP contribution in [0.3, 0.4) is 0 Å². The summed E-state index contributed by atoms with van der Waals surface area (Å²) in [5.74, 6) is -0.225. The topological polar surface area (TPSA) is 91.9 Å². The number of thiazole rings is 1. The second kappa shape index (κ2) is 8.62. The molecule has 1 aliphatic heterocycles. The summed E-state index contributed by atoms with van der Waals surface area (Å²) in [7, 11) is 0. The van der Waals surface area contributed by atoms with E-state index >= 15 is 0 Å². The third-order valence-corrected chi connectivity index (χ3v) is 5.14. The predicted octanol–water partition coefficient (Wildman–Crippen LogP) is 3.18. The number of benzene rings is 1. The van der Waals surface area contributed by atoms with E-state index in [0.29, 0.717) is 12.3 Å². The van der Waals surface area contributed by atoms with Gasteiger partial charge in [0.2, 0.25) is 0 Å². The number of H-pyrrole nitrogens is 1. The lowest BCUT2D eigenvalue weighted by atomic mass is 10.1. The molecule has 1 fully saturated rings. The zero-order chi connectivity index (χ0) is 17.9. The molecule has 0 radical (unpaired) electrons. The van der Waals surface area contributed by atoms with Crippen LogP contribution >= 0.6 is 23.7 Å². The van der Waals surface area contributed by atoms with Gasteiger partial charge in [-0.25, -0.2) is 4.98 Å². The molecule has 0 spiro atoms. The molecule has 1 amide bonds. The average molecular weight is 406 g/mol. The van der Waals surface area contributed by atoms with E-state index in [1.54, 1.807) is 11.6 Å². The Labute approximate surface area is 167 Å². The van der Waals surface area contributed by atoms with Crippen LogP contribution in [0.2, 0.25) is 0 Å². The number of aromatic nitrogens is 3. The normalized spacial score (nSPS) is 16.6. The molecule has 0 aliphatic carbocycles. The largest absolute Gasteiger partial charge is 0.371 e. The molecule has 3 N–H and O–H groups in total. The number of aryl methyl sites for hydroxylation is 1. The van der Waals surface area contributed by atoms with Gasteiger partial charge in [0.25, 0.3) is 5.91 Å². The zero-order valence-electron chi connectivity index (χ0n) is 14.7. The van der Waals surface area contributed by atoms with E-state index in [1.165, 1.54) is 11.3 Å². The Morgan fingerprint density at radius 3 is 2.81 bits per heavy atom. The summed E-state index contributed by atoms with van der Waals surface area (Å²) < 4.78 is 5.74. The Balaban J connectivity index is 0.00000210. The Hall–Kier alpha value is -2.26. The van der Waals surface area contributed by atoms with Crippen LogP contribution in [0.4, 0.5) is 5.69 Å². The number of halogens is 1. The van der Waals surface area contributed by atoms with Gasteiger partial charge in [-0.05, 0) is 24.6 Å². The molecule has 142 valence electrons. The van der Waals surface area contributed by atoms with Crippen molar-refractivity contribution in [1.29, 1.82) is 0 Å². The number of carbonyl (C=O) groups is 1. The minimum absolute atomic E-state index is 0. The Kier molecular flexibility index (Phi) is 6.22. The summed E-state index contributed by atoms with van der Waals surface area (Å²) in [5, 5.41) is 15.6. The molecule has 1 aromatic carbocycles. The van der Waals surface area contributed by atoms with Crippen LogP contribution in [-0.2, 0) is 4.74 Å². The summed E-state index contributed by atoms with van der Waals surface area (Å²) >= 11 is 1.43. The maximum absolute atomic E-state index is 12.4. The molecule has 27 heavy (non-hydrogen) atoms. The van der Waals surface area contributed by atoms with Crippen LogP contribution in [-0.4, -0.2) is 40.8 Å². The van der Waals surface area contributed by atoms with E-state index in [-0.39, 0.29) is 24.4 Å². The van der Waals surface area contributed by atoms with E-state index in [9.17, 15) is 4.79 Å². The molecule has 7 nitrogen and oxygen atoms in total. The first-order valence-electron chi connectivity index (χ1n) is 8.40. The number of amides is 1. The van der Waals surface area contributed by atoms with Gasteiger partial charge in [0.05, 0.1) is 24.0 Å². The monoisotopic (exact) mass is 405 g/mol. The smallest absolute Gasteiger partial charge is 0.275 e. The van der Waals surface area contributed by atoms with Gasteiger partial charge in [0.15, 0.2) is 0 Å². The summed E-state index contributed by atoms with van der Waals surface area (Å²) in [6, 6.07) is 7.74. The number of hydrogen-bond donors (Lipinski definition) is 3. The molecule has 0 saturated carbocycles. The molecule has 2 aromatic heterocycles. The lowest BCUT2D eigenvalue weighted by Crippen LogP contribution is -2.33. The van der Waals surface area contributed by atoms with Gasteiger partial charge in [-0.2, -0.15) is 5.10 Å². The summed E-state index contributed by atoms with van der Waals surface area (Å²) in [4.78, 5) is 16.9. The molecule has 0 bridgehead atoms. The summed E-state index contributed by atoms with van der Waals surface area (Å²) in [6.07, 6.45) is 1.85. The molecular weight excluding hydrogens is 386 g/mol. The lowest BCUT2D eigenvalue weighted by molar-refractivity contribution is 0.0277. The van der Waals surface area contributed by atoms with Gasteiger partial charge in [-0.3, -0.25) is 9.89 Å². The number of anilines is 1. The number of morpholine rings is 1. The average Bonchev–Trinajstić information content (AvgIpc) is 3.32. The Morgan fingerprint density at radius 2 is 2.15 bits per heavy atom. The fourth-order valence-corrected chi connectivity index (χ4v) is 3.70. The Morgan fingerprint density at radius 1 is 1.33 bits per heavy atom. The SMILES string of the molecule is Cc1n[nH]cc1-c1nc(C(=O)Nc2ccc(C3CNCCO3)cc2)cs1.Cl. The van der Waals surface area contributed by atoms with Gasteiger partial charge in [0.1, 0.15) is 10.7 Å². The maximum atomic E-state index is 12.4. The van der Waals surface area contributed by atoms with E-state index in [0.717, 1.165) is 40.6 Å². The van der Waals surface area contributed by atoms with Crippen LogP contribution in [0.25, 0.3) is 10.6 Å². The highest BCUT2D eigenvalue weighted by Crippen LogP contribution is 2.26. The molecule has 1 unspecified atom stereocenters. The predicted molar refractivity (Wildman–Crippen MR) is 108 cm³/mol. The number of rotatable bonds is 4. The second-order valence-electron chi connectivity index (χ2n) is 6.06. The van der Waals surface area contributed by atoms with Crippen LogP contribution < -0.4 is 10.6 Å². The number of hydrogen-bond acceptors (Lipinski definition) is 6. The van der Waals surface area contributed by atoms with Crippen molar-refractivity contribution in [3.8, 4) is 10.6 Å². The van der Waals surface area contributed by atoms with Crippen molar-refractivity contribution >= 4 is 35.3 Å². The fraction of sp³-hybridized carbons (Fsp3) is 0.278. The van der Waals surface area contributed by atoms with Gasteiger partial charge < -0.3 is 15.4 Å². The molecule has 1 aliphatic rings. The standard InChI is InChI=1S/C18H19N5O2S.ClH/c1-11-14(8-20-23-11)18-22-15(10-26-18)17(24)21-13-4-2-12(3-5-13)16-9-19-6-7-25-16;/h2-5,8,10,16,19H,6-7,9H2,1H3,(H,20,23)(H,21,24);1H. The van der Waals surface area contributed by atoms with Crippen molar-refractivity contribution in [3.63, 3.8) is 0 Å². The minimum Gasteiger partial charge on any atom is -0.371 e. The third kappa shape index (κ3) is 4.36. The molecule has 1 saturated heterocycles. The van der Waals surface area contributed by atoms with Crippen LogP contribution in [0.5, 0.6) is 0 Å². The first-order valence-corrected chi connectivity index (χ1v) is 9.28. The molecular formula is C18H20ClN5O2S. The van der Waals surface area contributed by atoms with Gasteiger partial charge in [0, 0.05) is 30.4 Å². The third-order valence-electron chi connectivity index (χ3n) is 4.27. The first kappa shape index (κ1) is 19.5. The van der Waals surface area contributed by atoms with E-state index in [4.69, 9.17) is 4.74 Å². The molecule has 4 rings (SSSR count). The lowest BCUT2D eigenvalue weighted by Gasteiger charge is -2.24. The number of nitrogens with one attached hydrogen (secondary N) is 3. The first-order chi connectivity index (χ1) is 12.7. The number of ether oxygens (including phenoxy) is 1. The van der Waals surface area contributed by atoms with Gasteiger partial charge in [-0.1, -0.05) is 12.1 Å². The van der Waals surface area contributed by atoms with Gasteiger partial charge in [-0.15, -0.1) is 23.7 Å². The highest BCUT2D eigenvalue weighted by atomic mass is 35.5. The molecule has 3 heterocycles. The quantitative estimate of drug-likeness (QED) is 0.620. The van der Waals surface area contributed by atoms with E-state index in [1.807, 2.05) is 31.2 Å². The summed E-state index contributed by atoms with van der Waals surface area (Å²) in [6.45, 7) is 4.31. The second-order valence-corrected chi connectivity index (χ2v) is 6.92. The van der Waals surface area contributed by atoms with Gasteiger partial charge >= 0.3 is 0 Å². The van der Waals surface area contributed by atoms with Crippen molar-refractivity contribution in [2.75, 3.05) is 25.0 Å². The minimum atomic E-state index is -0.225. The maximum Gasteiger partial charge on any atom is 0.275 e. The number of carbonyl (C=O) groups excluding carboxylic acids is 1. The highest BCUT2D eigenvalue weighted by molar-refractivity contribution is 7.13. The zero-order valence-corrected chi connectivity index (χ0v) is 16.3. The van der Waals surface area contributed by atoms with Crippen LogP contribution in [0.15, 0.2) is 35.8 Å².